The van der Waals surface area contributed by atoms with Gasteiger partial charge in [0.15, 0.2) is 0 Å². The number of hydrogen-bond acceptors (Lipinski definition) is 3. The van der Waals surface area contributed by atoms with E-state index in [2.05, 4.69) is 38.7 Å². The van der Waals surface area contributed by atoms with Gasteiger partial charge < -0.3 is 4.90 Å². The predicted molar refractivity (Wildman–Crippen MR) is 78.1 cm³/mol. The van der Waals surface area contributed by atoms with E-state index in [0.717, 1.165) is 0 Å². The van der Waals surface area contributed by atoms with Gasteiger partial charge in [-0.05, 0) is 29.0 Å². The van der Waals surface area contributed by atoms with Crippen LogP contribution in [-0.2, 0) is 0 Å². The second kappa shape index (κ2) is 6.10. The third-order valence-corrected chi connectivity index (χ3v) is 3.84. The minimum Gasteiger partial charge on any atom is -0.307 e. The fraction of sp³-hybridized carbons (Fsp3) is 0.222. The van der Waals surface area contributed by atoms with E-state index < -0.39 is 0 Å². The molecule has 0 spiro atoms. The summed E-state index contributed by atoms with van der Waals surface area (Å²) in [5.41, 5.74) is 1.26. The summed E-state index contributed by atoms with van der Waals surface area (Å²) in [6, 6.07) is 0. The van der Waals surface area contributed by atoms with Crippen LogP contribution >= 0.6 is 28.4 Å². The van der Waals surface area contributed by atoms with E-state index in [-0.39, 0.29) is 5.56 Å². The topological polar surface area (TPSA) is 50.5 Å². The molecule has 1 rings (SSSR count). The van der Waals surface area contributed by atoms with E-state index in [0.29, 0.717) is 17.6 Å². The number of hydrogen-bond donors (Lipinski definition) is 0. The first kappa shape index (κ1) is 13.3. The molecule has 1 atom stereocenters. The maximum atomic E-state index is 11.8. The second-order valence-corrected chi connectivity index (χ2v) is 4.96. The molecule has 0 aliphatic heterocycles. The summed E-state index contributed by atoms with van der Waals surface area (Å²) < 4.78 is 1.43. The van der Waals surface area contributed by atoms with E-state index in [9.17, 15) is 4.79 Å². The van der Waals surface area contributed by atoms with Crippen LogP contribution in [0.15, 0.2) is 28.8 Å². The molecule has 86 valence electrons. The first-order valence-electron chi connectivity index (χ1n) is 4.44. The van der Waals surface area contributed by atoms with Crippen molar-refractivity contribution in [3.8, 4) is 0 Å². The molecule has 0 aromatic carbocycles. The highest BCUT2D eigenvalue weighted by molar-refractivity contribution is 14.2. The Morgan fingerprint density at radius 2 is 2.44 bits per heavy atom. The highest BCUT2D eigenvalue weighted by atomic mass is 127. The fourth-order valence-corrected chi connectivity index (χ4v) is 2.56. The van der Waals surface area contributed by atoms with Crippen LogP contribution in [0.5, 0.6) is 0 Å². The molecule has 5 nitrogen and oxygen atoms in total. The third kappa shape index (κ3) is 2.68. The molecule has 0 saturated carbocycles. The van der Waals surface area contributed by atoms with Crippen molar-refractivity contribution in [3.05, 3.63) is 34.9 Å². The zero-order chi connectivity index (χ0) is 12.1. The predicted octanol–water partition coefficient (Wildman–Crippen LogP) is 1.95. The molecular weight excluding hydrogens is 338 g/mol. The lowest BCUT2D eigenvalue weighted by Crippen LogP contribution is -2.24. The van der Waals surface area contributed by atoms with Gasteiger partial charge in [0.1, 0.15) is 0 Å². The molecular formula is C9H12IN4OP. The Balaban J connectivity index is 3.31. The molecule has 0 radical (unpaired) electrons. The summed E-state index contributed by atoms with van der Waals surface area (Å²) in [4.78, 5) is 17.4. The summed E-state index contributed by atoms with van der Waals surface area (Å²) in [5.74, 6) is 0. The SMILES string of the molecule is C=CN(C=NC)c1cnn(PI)c(=O)c1C. The van der Waals surface area contributed by atoms with E-state index in [4.69, 9.17) is 0 Å². The lowest BCUT2D eigenvalue weighted by atomic mass is 10.3. The molecule has 1 unspecified atom stereocenters. The van der Waals surface area contributed by atoms with Crippen LogP contribution in [0.1, 0.15) is 5.56 Å². The molecule has 1 heterocycles. The zero-order valence-electron chi connectivity index (χ0n) is 9.01. The summed E-state index contributed by atoms with van der Waals surface area (Å²) >= 11 is 2.12. The fourth-order valence-electron chi connectivity index (χ4n) is 1.18. The average Bonchev–Trinajstić information content (AvgIpc) is 2.30. The van der Waals surface area contributed by atoms with Crippen LogP contribution in [0.25, 0.3) is 0 Å². The molecule has 0 saturated heterocycles. The van der Waals surface area contributed by atoms with Crippen LogP contribution in [0.4, 0.5) is 5.69 Å². The van der Waals surface area contributed by atoms with Gasteiger partial charge >= 0.3 is 0 Å². The van der Waals surface area contributed by atoms with Crippen molar-refractivity contribution in [2.24, 2.45) is 4.99 Å². The summed E-state index contributed by atoms with van der Waals surface area (Å²) in [6.07, 6.45) is 5.13. The minimum absolute atomic E-state index is 0.0819. The van der Waals surface area contributed by atoms with Crippen molar-refractivity contribution in [2.75, 3.05) is 11.9 Å². The van der Waals surface area contributed by atoms with Gasteiger partial charge in [0, 0.05) is 18.8 Å². The van der Waals surface area contributed by atoms with Crippen LogP contribution < -0.4 is 10.5 Å². The minimum atomic E-state index is -0.0819. The third-order valence-electron chi connectivity index (χ3n) is 1.99. The van der Waals surface area contributed by atoms with Crippen LogP contribution in [0.3, 0.4) is 0 Å². The summed E-state index contributed by atoms with van der Waals surface area (Å²) in [6.45, 7) is 5.44. The van der Waals surface area contributed by atoms with Crippen molar-refractivity contribution in [1.82, 2.24) is 9.55 Å². The number of rotatable bonds is 4. The monoisotopic (exact) mass is 350 g/mol. The molecule has 0 amide bonds. The number of halogens is 1. The number of nitrogens with zero attached hydrogens (tertiary/aromatic N) is 4. The Morgan fingerprint density at radius 1 is 1.75 bits per heavy atom. The van der Waals surface area contributed by atoms with Crippen molar-refractivity contribution in [1.29, 1.82) is 0 Å². The maximum absolute atomic E-state index is 11.8. The largest absolute Gasteiger partial charge is 0.307 e. The molecule has 0 aliphatic carbocycles. The Kier molecular flexibility index (Phi) is 5.08. The van der Waals surface area contributed by atoms with Crippen molar-refractivity contribution in [2.45, 2.75) is 6.92 Å². The Morgan fingerprint density at radius 3 is 2.94 bits per heavy atom. The van der Waals surface area contributed by atoms with Crippen LogP contribution in [0.2, 0.25) is 0 Å². The normalized spacial score (nSPS) is 11.4. The number of aromatic nitrogens is 2. The summed E-state index contributed by atoms with van der Waals surface area (Å²) in [5, 5.41) is 4.07. The molecule has 0 aliphatic rings. The molecule has 0 fully saturated rings. The quantitative estimate of drug-likeness (QED) is 0.361. The van der Waals surface area contributed by atoms with E-state index in [1.54, 1.807) is 37.6 Å². The molecule has 1 aromatic heterocycles. The smallest absolute Gasteiger partial charge is 0.275 e. The summed E-state index contributed by atoms with van der Waals surface area (Å²) in [7, 11) is 1.66. The van der Waals surface area contributed by atoms with Crippen molar-refractivity contribution >= 4 is 40.4 Å². The lowest BCUT2D eigenvalue weighted by molar-refractivity contribution is 0.900. The first-order valence-corrected chi connectivity index (χ1v) is 8.50. The molecule has 0 N–H and O–H groups in total. The second-order valence-electron chi connectivity index (χ2n) is 2.92. The van der Waals surface area contributed by atoms with Crippen LogP contribution in [-0.4, -0.2) is 22.9 Å². The van der Waals surface area contributed by atoms with Gasteiger partial charge in [-0.25, -0.2) is 4.45 Å². The molecule has 16 heavy (non-hydrogen) atoms. The Labute approximate surface area is 109 Å². The van der Waals surface area contributed by atoms with Gasteiger partial charge in [-0.15, -0.1) is 0 Å². The average molecular weight is 350 g/mol. The Hall–Kier alpha value is -0.750. The van der Waals surface area contributed by atoms with Gasteiger partial charge in [-0.2, -0.15) is 5.10 Å². The number of aliphatic imine (C=N–C) groups is 1. The zero-order valence-corrected chi connectivity index (χ0v) is 12.2. The standard InChI is InChI=1S/C9H12IN4OP/c1-4-13(6-11-3)8-5-12-14(16-10)9(15)7(8)2/h4-6,16H,1H2,2-3H3. The van der Waals surface area contributed by atoms with Gasteiger partial charge in [-0.1, -0.05) is 6.58 Å². The van der Waals surface area contributed by atoms with Crippen molar-refractivity contribution < 1.29 is 0 Å². The van der Waals surface area contributed by atoms with Gasteiger partial charge in [-0.3, -0.25) is 9.79 Å². The van der Waals surface area contributed by atoms with E-state index in [1.807, 2.05) is 0 Å². The van der Waals surface area contributed by atoms with Crippen LogP contribution in [0, 0.1) is 6.92 Å². The van der Waals surface area contributed by atoms with Gasteiger partial charge in [0.2, 0.25) is 0 Å². The van der Waals surface area contributed by atoms with Gasteiger partial charge in [0.05, 0.1) is 24.6 Å². The Bertz CT molecular complexity index is 471. The highest BCUT2D eigenvalue weighted by Gasteiger charge is 2.09. The first-order chi connectivity index (χ1) is 7.65. The molecule has 1 aromatic rings. The lowest BCUT2D eigenvalue weighted by Gasteiger charge is -2.16. The highest BCUT2D eigenvalue weighted by Crippen LogP contribution is 2.22. The van der Waals surface area contributed by atoms with E-state index in [1.165, 1.54) is 4.45 Å². The maximum Gasteiger partial charge on any atom is 0.275 e. The molecule has 0 bridgehead atoms. The van der Waals surface area contributed by atoms with E-state index >= 15 is 0 Å². The van der Waals surface area contributed by atoms with Crippen molar-refractivity contribution in [3.63, 3.8) is 0 Å². The molecule has 7 heteroatoms. The van der Waals surface area contributed by atoms with Gasteiger partial charge in [0.25, 0.3) is 5.56 Å². The number of anilines is 1.